The third kappa shape index (κ3) is 4.82. The second kappa shape index (κ2) is 8.75. The van der Waals surface area contributed by atoms with Crippen molar-refractivity contribution >= 4 is 16.0 Å². The summed E-state index contributed by atoms with van der Waals surface area (Å²) in [6.07, 6.45) is -4.58. The highest BCUT2D eigenvalue weighted by atomic mass is 32.2. The first-order valence-corrected chi connectivity index (χ1v) is 10.6. The van der Waals surface area contributed by atoms with Crippen molar-refractivity contribution in [2.75, 3.05) is 26.3 Å². The molecule has 0 atom stereocenters. The van der Waals surface area contributed by atoms with E-state index in [4.69, 9.17) is 9.47 Å². The Labute approximate surface area is 172 Å². The molecule has 1 saturated heterocycles. The van der Waals surface area contributed by atoms with Crippen LogP contribution < -0.4 is 0 Å². The predicted octanol–water partition coefficient (Wildman–Crippen LogP) is 3.39. The molecule has 0 spiro atoms. The minimum atomic E-state index is -4.58. The molecule has 0 aliphatic carbocycles. The number of aryl methyl sites for hydroxylation is 1. The summed E-state index contributed by atoms with van der Waals surface area (Å²) in [5.74, 6) is -0.900. The number of alkyl halides is 3. The maximum atomic E-state index is 13.1. The Hall–Kier alpha value is -2.43. The molecule has 10 heteroatoms. The van der Waals surface area contributed by atoms with Crippen LogP contribution in [-0.4, -0.2) is 45.0 Å². The number of benzene rings is 2. The van der Waals surface area contributed by atoms with Crippen molar-refractivity contribution in [2.45, 2.75) is 24.6 Å². The molecule has 6 nitrogen and oxygen atoms in total. The quantitative estimate of drug-likeness (QED) is 0.663. The van der Waals surface area contributed by atoms with Gasteiger partial charge in [0.25, 0.3) is 0 Å². The highest BCUT2D eigenvalue weighted by molar-refractivity contribution is 7.89. The average molecular weight is 443 g/mol. The summed E-state index contributed by atoms with van der Waals surface area (Å²) in [6, 6.07) is 8.84. The summed E-state index contributed by atoms with van der Waals surface area (Å²) in [7, 11) is -3.83. The summed E-state index contributed by atoms with van der Waals surface area (Å²) in [4.78, 5) is 12.4. The van der Waals surface area contributed by atoms with Crippen molar-refractivity contribution in [2.24, 2.45) is 0 Å². The van der Waals surface area contributed by atoms with Gasteiger partial charge in [-0.2, -0.15) is 17.5 Å². The summed E-state index contributed by atoms with van der Waals surface area (Å²) >= 11 is 0. The van der Waals surface area contributed by atoms with Crippen LogP contribution in [0, 0.1) is 6.92 Å². The van der Waals surface area contributed by atoms with Crippen molar-refractivity contribution in [1.29, 1.82) is 0 Å². The van der Waals surface area contributed by atoms with E-state index in [1.54, 1.807) is 6.92 Å². The lowest BCUT2D eigenvalue weighted by atomic mass is 10.1. The van der Waals surface area contributed by atoms with Crippen LogP contribution in [0.2, 0.25) is 0 Å². The number of halogens is 3. The molecule has 0 unspecified atom stereocenters. The summed E-state index contributed by atoms with van der Waals surface area (Å²) in [5, 5.41) is 0. The molecular formula is C20H20F3NO5S. The smallest absolute Gasteiger partial charge is 0.416 e. The van der Waals surface area contributed by atoms with Crippen molar-refractivity contribution < 1.29 is 35.9 Å². The average Bonchev–Trinajstić information content (AvgIpc) is 2.72. The van der Waals surface area contributed by atoms with Crippen molar-refractivity contribution in [3.05, 3.63) is 64.7 Å². The lowest BCUT2D eigenvalue weighted by Gasteiger charge is -2.26. The van der Waals surface area contributed by atoms with Gasteiger partial charge in [-0.25, -0.2) is 13.2 Å². The third-order valence-corrected chi connectivity index (χ3v) is 6.61. The molecular weight excluding hydrogens is 423 g/mol. The number of carbonyl (C=O) groups is 1. The van der Waals surface area contributed by atoms with E-state index in [2.05, 4.69) is 0 Å². The van der Waals surface area contributed by atoms with Gasteiger partial charge in [-0.3, -0.25) is 0 Å². The Morgan fingerprint density at radius 1 is 1.13 bits per heavy atom. The van der Waals surface area contributed by atoms with Gasteiger partial charge < -0.3 is 9.47 Å². The maximum absolute atomic E-state index is 13.1. The maximum Gasteiger partial charge on any atom is 0.416 e. The van der Waals surface area contributed by atoms with Crippen LogP contribution in [0.15, 0.2) is 47.4 Å². The Kier molecular flexibility index (Phi) is 6.49. The highest BCUT2D eigenvalue weighted by Gasteiger charge is 2.33. The van der Waals surface area contributed by atoms with Crippen molar-refractivity contribution in [3.8, 4) is 0 Å². The van der Waals surface area contributed by atoms with E-state index >= 15 is 0 Å². The molecule has 0 bridgehead atoms. The molecule has 1 heterocycles. The second-order valence-corrected chi connectivity index (χ2v) is 8.66. The number of esters is 1. The normalized spacial score (nSPS) is 15.7. The number of carbonyl (C=O) groups excluding carboxylic acids is 1. The van der Waals surface area contributed by atoms with Gasteiger partial charge in [-0.05, 0) is 30.7 Å². The van der Waals surface area contributed by atoms with Gasteiger partial charge in [-0.15, -0.1) is 0 Å². The van der Waals surface area contributed by atoms with Gasteiger partial charge in [-0.1, -0.05) is 24.3 Å². The molecule has 1 fully saturated rings. The largest absolute Gasteiger partial charge is 0.457 e. The fourth-order valence-electron chi connectivity index (χ4n) is 3.06. The van der Waals surface area contributed by atoms with E-state index in [0.717, 1.165) is 6.07 Å². The van der Waals surface area contributed by atoms with E-state index in [0.29, 0.717) is 5.56 Å². The molecule has 2 aromatic carbocycles. The minimum Gasteiger partial charge on any atom is -0.457 e. The van der Waals surface area contributed by atoms with E-state index in [9.17, 15) is 26.4 Å². The van der Waals surface area contributed by atoms with Crippen LogP contribution in [0.3, 0.4) is 0 Å². The monoisotopic (exact) mass is 443 g/mol. The van der Waals surface area contributed by atoms with E-state index in [-0.39, 0.29) is 42.3 Å². The number of hydrogen-bond donors (Lipinski definition) is 0. The molecule has 162 valence electrons. The molecule has 0 aromatic heterocycles. The fraction of sp³-hybridized carbons (Fsp3) is 0.350. The number of rotatable bonds is 5. The Morgan fingerprint density at radius 3 is 2.47 bits per heavy atom. The molecule has 0 saturated carbocycles. The SMILES string of the molecule is Cc1ccc(S(=O)(=O)N2CCOCC2)cc1C(=O)OCc1ccccc1C(F)(F)F. The molecule has 1 aliphatic rings. The van der Waals surface area contributed by atoms with Gasteiger partial charge in [0.05, 0.1) is 29.2 Å². The molecule has 0 radical (unpaired) electrons. The first-order valence-electron chi connectivity index (χ1n) is 9.11. The number of ether oxygens (including phenoxy) is 2. The van der Waals surface area contributed by atoms with E-state index < -0.39 is 34.3 Å². The van der Waals surface area contributed by atoms with Gasteiger partial charge in [0.2, 0.25) is 10.0 Å². The van der Waals surface area contributed by atoms with Crippen LogP contribution in [-0.2, 0) is 32.3 Å². The number of hydrogen-bond acceptors (Lipinski definition) is 5. The van der Waals surface area contributed by atoms with Crippen LogP contribution >= 0.6 is 0 Å². The standard InChI is InChI=1S/C20H20F3NO5S/c1-14-6-7-16(30(26,27)24-8-10-28-11-9-24)12-17(14)19(25)29-13-15-4-2-3-5-18(15)20(21,22)23/h2-7,12H,8-11,13H2,1H3. The summed E-state index contributed by atoms with van der Waals surface area (Å²) < 4.78 is 76.4. The zero-order valence-electron chi connectivity index (χ0n) is 16.1. The topological polar surface area (TPSA) is 72.9 Å². The molecule has 2 aromatic rings. The molecule has 3 rings (SSSR count). The lowest BCUT2D eigenvalue weighted by Crippen LogP contribution is -2.40. The minimum absolute atomic E-state index is 0.0196. The summed E-state index contributed by atoms with van der Waals surface area (Å²) in [6.45, 7) is 1.95. The van der Waals surface area contributed by atoms with Gasteiger partial charge >= 0.3 is 12.1 Å². The lowest BCUT2D eigenvalue weighted by molar-refractivity contribution is -0.138. The van der Waals surface area contributed by atoms with Crippen LogP contribution in [0.5, 0.6) is 0 Å². The Morgan fingerprint density at radius 2 is 1.80 bits per heavy atom. The Bertz CT molecular complexity index is 1030. The predicted molar refractivity (Wildman–Crippen MR) is 101 cm³/mol. The molecule has 0 N–H and O–H groups in total. The Balaban J connectivity index is 1.81. The summed E-state index contributed by atoms with van der Waals surface area (Å²) in [5.41, 5.74) is -0.648. The first kappa shape index (κ1) is 22.3. The zero-order chi connectivity index (χ0) is 21.9. The highest BCUT2D eigenvalue weighted by Crippen LogP contribution is 2.32. The van der Waals surface area contributed by atoms with Crippen molar-refractivity contribution in [3.63, 3.8) is 0 Å². The third-order valence-electron chi connectivity index (χ3n) is 4.72. The number of nitrogens with zero attached hydrogens (tertiary/aromatic N) is 1. The number of sulfonamides is 1. The molecule has 0 amide bonds. The fourth-order valence-corrected chi connectivity index (χ4v) is 4.50. The van der Waals surface area contributed by atoms with Crippen LogP contribution in [0.1, 0.15) is 27.0 Å². The van der Waals surface area contributed by atoms with E-state index in [1.807, 2.05) is 0 Å². The van der Waals surface area contributed by atoms with Crippen molar-refractivity contribution in [1.82, 2.24) is 4.31 Å². The van der Waals surface area contributed by atoms with E-state index in [1.165, 1.54) is 40.7 Å². The zero-order valence-corrected chi connectivity index (χ0v) is 16.9. The van der Waals surface area contributed by atoms with Gasteiger partial charge in [0, 0.05) is 18.7 Å². The van der Waals surface area contributed by atoms with Crippen LogP contribution in [0.25, 0.3) is 0 Å². The molecule has 1 aliphatic heterocycles. The molecule has 30 heavy (non-hydrogen) atoms. The van der Waals surface area contributed by atoms with Gasteiger partial charge in [0.1, 0.15) is 6.61 Å². The van der Waals surface area contributed by atoms with Gasteiger partial charge in [0.15, 0.2) is 0 Å². The second-order valence-electron chi connectivity index (χ2n) is 6.72. The first-order chi connectivity index (χ1) is 14.1. The van der Waals surface area contributed by atoms with Crippen LogP contribution in [0.4, 0.5) is 13.2 Å². The number of morpholine rings is 1.